The Morgan fingerprint density at radius 1 is 1.15 bits per heavy atom. The fraction of sp³-hybridized carbons (Fsp3) is 0.300. The maximum atomic E-state index is 13.6. The van der Waals surface area contributed by atoms with Crippen LogP contribution in [0.5, 0.6) is 0 Å². The molecule has 1 aromatic carbocycles. The third-order valence-electron chi connectivity index (χ3n) is 5.08. The molecule has 0 unspecified atom stereocenters. The summed E-state index contributed by atoms with van der Waals surface area (Å²) in [6.45, 7) is 0. The number of ketones is 1. The van der Waals surface area contributed by atoms with Gasteiger partial charge in [0, 0.05) is 11.8 Å². The maximum absolute atomic E-state index is 13.6. The second-order valence-electron chi connectivity index (χ2n) is 6.96. The number of rotatable bonds is 5. The Labute approximate surface area is 156 Å². The third kappa shape index (κ3) is 3.27. The van der Waals surface area contributed by atoms with Gasteiger partial charge >= 0.3 is 0 Å². The topological polar surface area (TPSA) is 69.0 Å². The number of hydrogen-bond donors (Lipinski definition) is 0. The summed E-state index contributed by atoms with van der Waals surface area (Å²) in [5.41, 5.74) is 0.105. The number of Topliss-reactive ketones (excluding diaryl/α,β-unsaturated/α-hetero) is 1. The van der Waals surface area contributed by atoms with Crippen LogP contribution >= 0.6 is 0 Å². The summed E-state index contributed by atoms with van der Waals surface area (Å²) < 4.78 is 41.1. The van der Waals surface area contributed by atoms with Crippen molar-refractivity contribution in [3.8, 4) is 0 Å². The Bertz CT molecular complexity index is 1100. The first-order valence-corrected chi connectivity index (χ1v) is 10.4. The first kappa shape index (κ1) is 17.9. The molecule has 1 aliphatic rings. The van der Waals surface area contributed by atoms with Gasteiger partial charge in [-0.3, -0.25) is 4.79 Å². The fourth-order valence-electron chi connectivity index (χ4n) is 3.76. The standard InChI is InChI=1S/C20H19FN2O3S/c21-16-11-15-12-18(19(24)10-14-6-4-5-7-14)23(20(15)22-13-16)27(25,26)17-8-2-1-3-9-17/h1-3,8-9,11-14H,4-7,10H2. The van der Waals surface area contributed by atoms with Crippen molar-refractivity contribution in [2.75, 3.05) is 0 Å². The van der Waals surface area contributed by atoms with Crippen molar-refractivity contribution in [3.05, 3.63) is 60.2 Å². The monoisotopic (exact) mass is 386 g/mol. The lowest BCUT2D eigenvalue weighted by Crippen LogP contribution is -2.20. The lowest BCUT2D eigenvalue weighted by Gasteiger charge is -2.12. The summed E-state index contributed by atoms with van der Waals surface area (Å²) >= 11 is 0. The Morgan fingerprint density at radius 3 is 2.56 bits per heavy atom. The quantitative estimate of drug-likeness (QED) is 0.617. The minimum atomic E-state index is -4.03. The largest absolute Gasteiger partial charge is 0.292 e. The molecular weight excluding hydrogens is 367 g/mol. The Hall–Kier alpha value is -2.54. The highest BCUT2D eigenvalue weighted by atomic mass is 32.2. The van der Waals surface area contributed by atoms with E-state index < -0.39 is 15.8 Å². The Kier molecular flexibility index (Phi) is 4.55. The van der Waals surface area contributed by atoms with Gasteiger partial charge in [-0.15, -0.1) is 0 Å². The summed E-state index contributed by atoms with van der Waals surface area (Å²) in [5, 5.41) is 0.296. The molecule has 3 aromatic rings. The molecule has 1 aliphatic carbocycles. The summed E-state index contributed by atoms with van der Waals surface area (Å²) in [6, 6.07) is 10.5. The molecule has 140 valence electrons. The van der Waals surface area contributed by atoms with Crippen molar-refractivity contribution >= 4 is 26.8 Å². The molecule has 0 spiro atoms. The zero-order chi connectivity index (χ0) is 19.0. The van der Waals surface area contributed by atoms with Gasteiger partial charge in [0.05, 0.1) is 11.1 Å². The van der Waals surface area contributed by atoms with E-state index in [9.17, 15) is 17.6 Å². The second-order valence-corrected chi connectivity index (χ2v) is 8.74. The van der Waals surface area contributed by atoms with Crippen molar-refractivity contribution < 1.29 is 17.6 Å². The number of benzene rings is 1. The Balaban J connectivity index is 1.88. The minimum absolute atomic E-state index is 0.0406. The van der Waals surface area contributed by atoms with Crippen LogP contribution in [0.15, 0.2) is 53.6 Å². The number of hydrogen-bond acceptors (Lipinski definition) is 4. The van der Waals surface area contributed by atoms with Crippen LogP contribution in [0, 0.1) is 11.7 Å². The van der Waals surface area contributed by atoms with Crippen LogP contribution in [0.3, 0.4) is 0 Å². The molecule has 1 fully saturated rings. The van der Waals surface area contributed by atoms with E-state index in [2.05, 4.69) is 4.98 Å². The molecule has 0 radical (unpaired) electrons. The van der Waals surface area contributed by atoms with Crippen LogP contribution in [0.4, 0.5) is 4.39 Å². The van der Waals surface area contributed by atoms with E-state index >= 15 is 0 Å². The number of pyridine rings is 1. The zero-order valence-electron chi connectivity index (χ0n) is 14.6. The van der Waals surface area contributed by atoms with E-state index in [1.807, 2.05) is 0 Å². The number of nitrogens with zero attached hydrogens (tertiary/aromatic N) is 2. The average Bonchev–Trinajstić information content (AvgIpc) is 3.29. The predicted octanol–water partition coefficient (Wildman–Crippen LogP) is 4.18. The lowest BCUT2D eigenvalue weighted by molar-refractivity contribution is 0.0956. The zero-order valence-corrected chi connectivity index (χ0v) is 15.5. The smallest absolute Gasteiger partial charge is 0.270 e. The molecule has 0 amide bonds. The van der Waals surface area contributed by atoms with Crippen LogP contribution < -0.4 is 0 Å². The van der Waals surface area contributed by atoms with Gasteiger partial charge in [0.2, 0.25) is 0 Å². The highest BCUT2D eigenvalue weighted by molar-refractivity contribution is 7.90. The van der Waals surface area contributed by atoms with Crippen molar-refractivity contribution in [1.82, 2.24) is 8.96 Å². The van der Waals surface area contributed by atoms with E-state index in [1.54, 1.807) is 18.2 Å². The summed E-state index contributed by atoms with van der Waals surface area (Å²) in [7, 11) is -4.03. The van der Waals surface area contributed by atoms with Gasteiger partial charge in [-0.25, -0.2) is 21.8 Å². The first-order chi connectivity index (χ1) is 13.0. The van der Waals surface area contributed by atoms with Crippen molar-refractivity contribution in [1.29, 1.82) is 0 Å². The van der Waals surface area contributed by atoms with Gasteiger partial charge < -0.3 is 0 Å². The van der Waals surface area contributed by atoms with Crippen molar-refractivity contribution in [2.45, 2.75) is 37.0 Å². The molecule has 1 saturated carbocycles. The molecule has 0 atom stereocenters. The number of fused-ring (bicyclic) bond motifs is 1. The van der Waals surface area contributed by atoms with Crippen molar-refractivity contribution in [3.63, 3.8) is 0 Å². The van der Waals surface area contributed by atoms with Crippen LogP contribution in [0.25, 0.3) is 11.0 Å². The highest BCUT2D eigenvalue weighted by Gasteiger charge is 2.29. The SMILES string of the molecule is O=C(CC1CCCC1)c1cc2cc(F)cnc2n1S(=O)(=O)c1ccccc1. The predicted molar refractivity (Wildman–Crippen MR) is 99.6 cm³/mol. The van der Waals surface area contributed by atoms with Gasteiger partial charge in [-0.2, -0.15) is 0 Å². The average molecular weight is 386 g/mol. The lowest BCUT2D eigenvalue weighted by atomic mass is 10.00. The molecule has 2 aromatic heterocycles. The van der Waals surface area contributed by atoms with Crippen LogP contribution in [0.1, 0.15) is 42.6 Å². The molecule has 5 nitrogen and oxygen atoms in total. The molecule has 0 aliphatic heterocycles. The van der Waals surface area contributed by atoms with E-state index in [1.165, 1.54) is 24.3 Å². The summed E-state index contributed by atoms with van der Waals surface area (Å²) in [5.74, 6) is -0.556. The number of halogens is 1. The number of carbonyl (C=O) groups is 1. The van der Waals surface area contributed by atoms with Crippen molar-refractivity contribution in [2.24, 2.45) is 5.92 Å². The van der Waals surface area contributed by atoms with Crippen LogP contribution in [0.2, 0.25) is 0 Å². The highest BCUT2D eigenvalue weighted by Crippen LogP contribution is 2.31. The molecule has 4 rings (SSSR count). The van der Waals surface area contributed by atoms with Gasteiger partial charge in [-0.1, -0.05) is 43.9 Å². The molecule has 0 N–H and O–H groups in total. The summed E-state index contributed by atoms with van der Waals surface area (Å²) in [4.78, 5) is 17.0. The molecule has 7 heteroatoms. The van der Waals surface area contributed by atoms with Gasteiger partial charge in [0.15, 0.2) is 11.4 Å². The van der Waals surface area contributed by atoms with Crippen LogP contribution in [-0.2, 0) is 10.0 Å². The van der Waals surface area contributed by atoms with Crippen LogP contribution in [-0.4, -0.2) is 23.2 Å². The number of aromatic nitrogens is 2. The fourth-order valence-corrected chi connectivity index (χ4v) is 5.27. The van der Waals surface area contributed by atoms with E-state index in [0.717, 1.165) is 35.9 Å². The van der Waals surface area contributed by atoms with Gasteiger partial charge in [0.1, 0.15) is 11.5 Å². The molecular formula is C20H19FN2O3S. The molecule has 27 heavy (non-hydrogen) atoms. The molecule has 2 heterocycles. The molecule has 0 saturated heterocycles. The van der Waals surface area contributed by atoms with E-state index in [0.29, 0.717) is 11.8 Å². The minimum Gasteiger partial charge on any atom is -0.292 e. The Morgan fingerprint density at radius 2 is 1.85 bits per heavy atom. The van der Waals surface area contributed by atoms with Gasteiger partial charge in [-0.05, 0) is 30.2 Å². The maximum Gasteiger partial charge on any atom is 0.270 e. The van der Waals surface area contributed by atoms with E-state index in [-0.39, 0.29) is 27.9 Å². The van der Waals surface area contributed by atoms with Gasteiger partial charge in [0.25, 0.3) is 10.0 Å². The summed E-state index contributed by atoms with van der Waals surface area (Å²) in [6.07, 6.45) is 5.40. The normalized spacial score (nSPS) is 15.4. The second kappa shape index (κ2) is 6.88. The first-order valence-electron chi connectivity index (χ1n) is 8.97. The van der Waals surface area contributed by atoms with E-state index in [4.69, 9.17) is 0 Å². The molecule has 0 bridgehead atoms. The number of carbonyl (C=O) groups excluding carboxylic acids is 1. The third-order valence-corrected chi connectivity index (χ3v) is 6.80.